The number of hydrogen-bond acceptors (Lipinski definition) is 6. The number of hydrogen-bond donors (Lipinski definition) is 0. The molecular weight excluding hydrogens is 338 g/mol. The van der Waals surface area contributed by atoms with E-state index in [2.05, 4.69) is 16.0 Å². The molecule has 0 aliphatic carbocycles. The van der Waals surface area contributed by atoms with Gasteiger partial charge in [0.25, 0.3) is 5.56 Å². The average Bonchev–Trinajstić information content (AvgIpc) is 3.09. The van der Waals surface area contributed by atoms with Crippen molar-refractivity contribution in [1.29, 1.82) is 0 Å². The molecule has 0 atom stereocenters. The highest BCUT2D eigenvalue weighted by molar-refractivity contribution is 7.15. The van der Waals surface area contributed by atoms with Crippen LogP contribution in [0.1, 0.15) is 16.8 Å². The maximum atomic E-state index is 12.1. The van der Waals surface area contributed by atoms with E-state index in [0.717, 1.165) is 41.7 Å². The van der Waals surface area contributed by atoms with Gasteiger partial charge in [0, 0.05) is 37.3 Å². The molecule has 0 spiro atoms. The molecule has 3 heterocycles. The number of ether oxygens (including phenoxy) is 2. The summed E-state index contributed by atoms with van der Waals surface area (Å²) in [5, 5.41) is 1.88. The fraction of sp³-hybridized carbons (Fsp3) is 0.333. The van der Waals surface area contributed by atoms with Gasteiger partial charge in [-0.15, -0.1) is 11.3 Å². The first-order chi connectivity index (χ1) is 12.2. The molecule has 1 aliphatic heterocycles. The lowest BCUT2D eigenvalue weighted by Crippen LogP contribution is -2.31. The van der Waals surface area contributed by atoms with E-state index in [0.29, 0.717) is 6.54 Å². The molecule has 25 heavy (non-hydrogen) atoms. The molecule has 3 aromatic rings. The van der Waals surface area contributed by atoms with Crippen molar-refractivity contribution in [1.82, 2.24) is 14.3 Å². The van der Waals surface area contributed by atoms with Crippen LogP contribution in [-0.2, 0) is 19.5 Å². The van der Waals surface area contributed by atoms with Crippen LogP contribution in [0.2, 0.25) is 0 Å². The molecule has 0 bridgehead atoms. The Kier molecular flexibility index (Phi) is 4.19. The lowest BCUT2D eigenvalue weighted by atomic mass is 9.98. The van der Waals surface area contributed by atoms with Gasteiger partial charge in [0.2, 0.25) is 0 Å². The first-order valence-electron chi connectivity index (χ1n) is 8.10. The zero-order valence-corrected chi connectivity index (χ0v) is 15.0. The Morgan fingerprint density at radius 2 is 1.92 bits per heavy atom. The highest BCUT2D eigenvalue weighted by atomic mass is 32.1. The van der Waals surface area contributed by atoms with Crippen molar-refractivity contribution >= 4 is 16.3 Å². The lowest BCUT2D eigenvalue weighted by Gasteiger charge is -2.29. The number of benzene rings is 1. The van der Waals surface area contributed by atoms with Crippen LogP contribution in [0.15, 0.2) is 34.6 Å². The second-order valence-electron chi connectivity index (χ2n) is 6.08. The van der Waals surface area contributed by atoms with Gasteiger partial charge < -0.3 is 9.47 Å². The predicted octanol–water partition coefficient (Wildman–Crippen LogP) is 2.33. The monoisotopic (exact) mass is 357 g/mol. The maximum Gasteiger partial charge on any atom is 0.258 e. The topological polar surface area (TPSA) is 56.1 Å². The van der Waals surface area contributed by atoms with E-state index in [1.807, 2.05) is 11.4 Å². The summed E-state index contributed by atoms with van der Waals surface area (Å²) in [7, 11) is 3.31. The second-order valence-corrected chi connectivity index (χ2v) is 6.95. The minimum absolute atomic E-state index is 0.0231. The standard InChI is InChI=1S/C18H19N3O3S/c1-23-15-7-12-3-4-20(10-13(12)8-16(15)24-2)11-14-9-17(22)21-5-6-25-18(21)19-14/h5-9H,3-4,10-11H2,1-2H3. The number of nitrogens with zero attached hydrogens (tertiary/aromatic N) is 3. The van der Waals surface area contributed by atoms with Gasteiger partial charge in [-0.2, -0.15) is 0 Å². The van der Waals surface area contributed by atoms with Crippen LogP contribution in [0, 0.1) is 0 Å². The number of aromatic nitrogens is 2. The summed E-state index contributed by atoms with van der Waals surface area (Å²) in [6.07, 6.45) is 2.70. The van der Waals surface area contributed by atoms with E-state index in [-0.39, 0.29) is 5.56 Å². The van der Waals surface area contributed by atoms with Crippen LogP contribution in [0.4, 0.5) is 0 Å². The SMILES string of the molecule is COc1cc2c(cc1OC)CN(Cc1cc(=O)n3ccsc3n1)CC2. The molecule has 1 aliphatic rings. The molecule has 7 heteroatoms. The van der Waals surface area contributed by atoms with E-state index in [1.165, 1.54) is 22.5 Å². The van der Waals surface area contributed by atoms with Crippen LogP contribution >= 0.6 is 11.3 Å². The molecule has 0 N–H and O–H groups in total. The van der Waals surface area contributed by atoms with Crippen molar-refractivity contribution in [3.63, 3.8) is 0 Å². The predicted molar refractivity (Wildman–Crippen MR) is 96.7 cm³/mol. The first kappa shape index (κ1) is 16.1. The Labute approximate surface area is 149 Å². The van der Waals surface area contributed by atoms with Gasteiger partial charge >= 0.3 is 0 Å². The van der Waals surface area contributed by atoms with Crippen molar-refractivity contribution in [3.05, 3.63) is 57.0 Å². The van der Waals surface area contributed by atoms with E-state index >= 15 is 0 Å². The third-order valence-electron chi connectivity index (χ3n) is 4.54. The number of thiazole rings is 1. The molecule has 2 aromatic heterocycles. The van der Waals surface area contributed by atoms with E-state index < -0.39 is 0 Å². The Hall–Kier alpha value is -2.38. The van der Waals surface area contributed by atoms with Crippen LogP contribution in [0.3, 0.4) is 0 Å². The lowest BCUT2D eigenvalue weighted by molar-refractivity contribution is 0.241. The van der Waals surface area contributed by atoms with Gasteiger partial charge in [-0.3, -0.25) is 14.1 Å². The Balaban J connectivity index is 1.58. The number of rotatable bonds is 4. The van der Waals surface area contributed by atoms with Crippen molar-refractivity contribution < 1.29 is 9.47 Å². The van der Waals surface area contributed by atoms with Crippen LogP contribution < -0.4 is 15.0 Å². The zero-order valence-electron chi connectivity index (χ0n) is 14.2. The van der Waals surface area contributed by atoms with E-state index in [9.17, 15) is 4.79 Å². The zero-order chi connectivity index (χ0) is 17.4. The summed E-state index contributed by atoms with van der Waals surface area (Å²) in [5.41, 5.74) is 3.31. The van der Waals surface area contributed by atoms with Crippen molar-refractivity contribution in [2.24, 2.45) is 0 Å². The molecule has 0 saturated heterocycles. The summed E-state index contributed by atoms with van der Waals surface area (Å²) in [5.74, 6) is 1.52. The molecule has 0 fully saturated rings. The van der Waals surface area contributed by atoms with Crippen molar-refractivity contribution in [2.75, 3.05) is 20.8 Å². The molecule has 4 rings (SSSR count). The van der Waals surface area contributed by atoms with Gasteiger partial charge in [-0.1, -0.05) is 0 Å². The van der Waals surface area contributed by atoms with Crippen LogP contribution in [0.25, 0.3) is 4.96 Å². The van der Waals surface area contributed by atoms with Crippen LogP contribution in [0.5, 0.6) is 11.5 Å². The summed E-state index contributed by atoms with van der Waals surface area (Å²) in [4.78, 5) is 19.8. The van der Waals surface area contributed by atoms with E-state index in [4.69, 9.17) is 9.47 Å². The minimum atomic E-state index is -0.0231. The summed E-state index contributed by atoms with van der Waals surface area (Å²) >= 11 is 1.48. The summed E-state index contributed by atoms with van der Waals surface area (Å²) < 4.78 is 12.4. The normalized spacial score (nSPS) is 14.5. The fourth-order valence-electron chi connectivity index (χ4n) is 3.27. The maximum absolute atomic E-state index is 12.1. The van der Waals surface area contributed by atoms with Gasteiger partial charge in [0.05, 0.1) is 19.9 Å². The largest absolute Gasteiger partial charge is 0.493 e. The molecule has 1 aromatic carbocycles. The molecule has 130 valence electrons. The smallest absolute Gasteiger partial charge is 0.258 e. The molecule has 0 amide bonds. The van der Waals surface area contributed by atoms with Crippen molar-refractivity contribution in [2.45, 2.75) is 19.5 Å². The molecule has 0 radical (unpaired) electrons. The average molecular weight is 357 g/mol. The molecular formula is C18H19N3O3S. The van der Waals surface area contributed by atoms with Gasteiger partial charge in [-0.25, -0.2) is 4.98 Å². The van der Waals surface area contributed by atoms with Gasteiger partial charge in [-0.05, 0) is 29.7 Å². The molecule has 0 unspecified atom stereocenters. The second kappa shape index (κ2) is 6.50. The summed E-state index contributed by atoms with van der Waals surface area (Å²) in [6.45, 7) is 2.40. The third-order valence-corrected chi connectivity index (χ3v) is 5.30. The first-order valence-corrected chi connectivity index (χ1v) is 8.98. The number of methoxy groups -OCH3 is 2. The summed E-state index contributed by atoms with van der Waals surface area (Å²) in [6, 6.07) is 5.74. The highest BCUT2D eigenvalue weighted by Gasteiger charge is 2.20. The Morgan fingerprint density at radius 3 is 2.68 bits per heavy atom. The number of fused-ring (bicyclic) bond motifs is 2. The highest BCUT2D eigenvalue weighted by Crippen LogP contribution is 2.33. The third kappa shape index (κ3) is 3.01. The van der Waals surface area contributed by atoms with Gasteiger partial charge in [0.15, 0.2) is 16.5 Å². The Bertz CT molecular complexity index is 979. The molecule has 0 saturated carbocycles. The molecule has 6 nitrogen and oxygen atoms in total. The van der Waals surface area contributed by atoms with Gasteiger partial charge in [0.1, 0.15) is 0 Å². The fourth-order valence-corrected chi connectivity index (χ4v) is 4.01. The Morgan fingerprint density at radius 1 is 1.16 bits per heavy atom. The van der Waals surface area contributed by atoms with Crippen molar-refractivity contribution in [3.8, 4) is 11.5 Å². The van der Waals surface area contributed by atoms with Crippen LogP contribution in [-0.4, -0.2) is 35.0 Å². The quantitative estimate of drug-likeness (QED) is 0.717. The van der Waals surface area contributed by atoms with E-state index in [1.54, 1.807) is 30.9 Å². The minimum Gasteiger partial charge on any atom is -0.493 e.